The van der Waals surface area contributed by atoms with Crippen molar-refractivity contribution in [3.05, 3.63) is 27.7 Å². The van der Waals surface area contributed by atoms with Gasteiger partial charge in [0.25, 0.3) is 0 Å². The van der Waals surface area contributed by atoms with Crippen molar-refractivity contribution in [1.82, 2.24) is 5.32 Å². The van der Waals surface area contributed by atoms with E-state index in [2.05, 4.69) is 10.6 Å². The fourth-order valence-corrected chi connectivity index (χ4v) is 1.79. The molecule has 5 nitrogen and oxygen atoms in total. The molecule has 1 rings (SSSR count). The Hall–Kier alpha value is -1.30. The minimum Gasteiger partial charge on any atom is -0.478 e. The van der Waals surface area contributed by atoms with Crippen molar-refractivity contribution in [2.75, 3.05) is 12.4 Å². The van der Waals surface area contributed by atoms with E-state index in [0.717, 1.165) is 0 Å². The van der Waals surface area contributed by atoms with Gasteiger partial charge >= 0.3 is 5.97 Å². The maximum absolute atomic E-state index is 12.0. The molecule has 0 aromatic heterocycles. The molecule has 0 aliphatic rings. The van der Waals surface area contributed by atoms with Crippen LogP contribution in [0.3, 0.4) is 0 Å². The molecule has 7 heteroatoms. The van der Waals surface area contributed by atoms with Crippen LogP contribution in [0, 0.1) is 0 Å². The Morgan fingerprint density at radius 1 is 1.26 bits per heavy atom. The number of rotatable bonds is 4. The molecule has 1 aromatic rings. The summed E-state index contributed by atoms with van der Waals surface area (Å²) in [4.78, 5) is 23.2. The molecule has 0 bridgehead atoms. The molecule has 0 aliphatic carbocycles. The molecular weight excluding hydrogens is 291 g/mol. The Labute approximate surface area is 120 Å². The van der Waals surface area contributed by atoms with Gasteiger partial charge in [0, 0.05) is 5.02 Å². The number of hydrogen-bond acceptors (Lipinski definition) is 3. The molecule has 1 amide bonds. The van der Waals surface area contributed by atoms with E-state index in [0.29, 0.717) is 0 Å². The SMILES string of the molecule is CNC(C)(C)C(=O)Nc1c(Cl)cc(Cl)cc1C(=O)O. The monoisotopic (exact) mass is 304 g/mol. The first-order valence-corrected chi connectivity index (χ1v) is 6.17. The van der Waals surface area contributed by atoms with Crippen LogP contribution in [0.25, 0.3) is 0 Å². The number of carboxylic acid groups (broad SMARTS) is 1. The molecule has 0 saturated heterocycles. The molecule has 19 heavy (non-hydrogen) atoms. The summed E-state index contributed by atoms with van der Waals surface area (Å²) in [6.07, 6.45) is 0. The molecule has 0 unspecified atom stereocenters. The molecule has 0 fully saturated rings. The fourth-order valence-electron chi connectivity index (χ4n) is 1.25. The van der Waals surface area contributed by atoms with Crippen molar-refractivity contribution in [2.45, 2.75) is 19.4 Å². The Morgan fingerprint density at radius 3 is 2.32 bits per heavy atom. The van der Waals surface area contributed by atoms with E-state index in [-0.39, 0.29) is 21.3 Å². The molecule has 0 heterocycles. The zero-order valence-electron chi connectivity index (χ0n) is 10.7. The maximum atomic E-state index is 12.0. The van der Waals surface area contributed by atoms with Crippen molar-refractivity contribution < 1.29 is 14.7 Å². The maximum Gasteiger partial charge on any atom is 0.337 e. The van der Waals surface area contributed by atoms with Gasteiger partial charge in [0.05, 0.1) is 21.8 Å². The highest BCUT2D eigenvalue weighted by Crippen LogP contribution is 2.30. The summed E-state index contributed by atoms with van der Waals surface area (Å²) >= 11 is 11.7. The summed E-state index contributed by atoms with van der Waals surface area (Å²) < 4.78 is 0. The summed E-state index contributed by atoms with van der Waals surface area (Å²) in [5.74, 6) is -1.62. The van der Waals surface area contributed by atoms with Crippen LogP contribution in [0.15, 0.2) is 12.1 Å². The predicted octanol–water partition coefficient (Wildman–Crippen LogP) is 2.63. The van der Waals surface area contributed by atoms with Crippen molar-refractivity contribution >= 4 is 40.8 Å². The number of hydrogen-bond donors (Lipinski definition) is 3. The van der Waals surface area contributed by atoms with Crippen LogP contribution >= 0.6 is 23.2 Å². The molecule has 0 spiro atoms. The predicted molar refractivity (Wildman–Crippen MR) is 75.2 cm³/mol. The van der Waals surface area contributed by atoms with Gasteiger partial charge in [-0.05, 0) is 33.0 Å². The topological polar surface area (TPSA) is 78.4 Å². The Morgan fingerprint density at radius 2 is 1.84 bits per heavy atom. The quantitative estimate of drug-likeness (QED) is 0.799. The third-order valence-electron chi connectivity index (χ3n) is 2.72. The summed E-state index contributed by atoms with van der Waals surface area (Å²) in [5.41, 5.74) is -0.983. The Balaban J connectivity index is 3.21. The first-order valence-electron chi connectivity index (χ1n) is 5.41. The fraction of sp³-hybridized carbons (Fsp3) is 0.333. The second kappa shape index (κ2) is 5.77. The number of benzene rings is 1. The van der Waals surface area contributed by atoms with Gasteiger partial charge in [0.15, 0.2) is 0 Å². The van der Waals surface area contributed by atoms with Crippen LogP contribution in [0.1, 0.15) is 24.2 Å². The average molecular weight is 305 g/mol. The zero-order valence-corrected chi connectivity index (χ0v) is 12.2. The molecular formula is C12H14Cl2N2O3. The number of carbonyl (C=O) groups excluding carboxylic acids is 1. The average Bonchev–Trinajstić information content (AvgIpc) is 2.31. The first kappa shape index (κ1) is 15.8. The van der Waals surface area contributed by atoms with Crippen molar-refractivity contribution in [3.8, 4) is 0 Å². The number of nitrogens with one attached hydrogen (secondary N) is 2. The molecule has 0 radical (unpaired) electrons. The smallest absolute Gasteiger partial charge is 0.337 e. The van der Waals surface area contributed by atoms with Crippen LogP contribution in [0.2, 0.25) is 10.0 Å². The number of carboxylic acids is 1. The van der Waals surface area contributed by atoms with Crippen LogP contribution in [-0.4, -0.2) is 29.6 Å². The molecule has 104 valence electrons. The summed E-state index contributed by atoms with van der Waals surface area (Å²) in [7, 11) is 1.63. The number of halogens is 2. The van der Waals surface area contributed by atoms with Crippen LogP contribution < -0.4 is 10.6 Å². The van der Waals surface area contributed by atoms with Gasteiger partial charge in [-0.2, -0.15) is 0 Å². The Bertz CT molecular complexity index is 530. The van der Waals surface area contributed by atoms with Gasteiger partial charge in [-0.1, -0.05) is 23.2 Å². The number of amides is 1. The highest BCUT2D eigenvalue weighted by atomic mass is 35.5. The molecule has 1 aromatic carbocycles. The lowest BCUT2D eigenvalue weighted by atomic mass is 10.0. The van der Waals surface area contributed by atoms with E-state index < -0.39 is 17.4 Å². The summed E-state index contributed by atoms with van der Waals surface area (Å²) in [6, 6.07) is 2.61. The second-order valence-electron chi connectivity index (χ2n) is 4.44. The van der Waals surface area contributed by atoms with Crippen molar-refractivity contribution in [1.29, 1.82) is 0 Å². The molecule has 3 N–H and O–H groups in total. The van der Waals surface area contributed by atoms with E-state index in [1.165, 1.54) is 12.1 Å². The number of aromatic carboxylic acids is 1. The van der Waals surface area contributed by atoms with Gasteiger partial charge in [-0.25, -0.2) is 4.79 Å². The van der Waals surface area contributed by atoms with E-state index in [4.69, 9.17) is 28.3 Å². The zero-order chi connectivity index (χ0) is 14.8. The molecule has 0 saturated carbocycles. The number of likely N-dealkylation sites (N-methyl/N-ethyl adjacent to an activating group) is 1. The van der Waals surface area contributed by atoms with E-state index in [1.54, 1.807) is 20.9 Å². The van der Waals surface area contributed by atoms with Crippen molar-refractivity contribution in [3.63, 3.8) is 0 Å². The highest BCUT2D eigenvalue weighted by molar-refractivity contribution is 6.37. The normalized spacial score (nSPS) is 11.2. The van der Waals surface area contributed by atoms with E-state index >= 15 is 0 Å². The lowest BCUT2D eigenvalue weighted by Crippen LogP contribution is -2.48. The minimum absolute atomic E-state index is 0.0342. The minimum atomic E-state index is -1.22. The van der Waals surface area contributed by atoms with Crippen LogP contribution in [0.5, 0.6) is 0 Å². The van der Waals surface area contributed by atoms with Gasteiger partial charge in [-0.15, -0.1) is 0 Å². The summed E-state index contributed by atoms with van der Waals surface area (Å²) in [5, 5.41) is 14.7. The van der Waals surface area contributed by atoms with Gasteiger partial charge in [0.1, 0.15) is 0 Å². The number of carbonyl (C=O) groups is 2. The molecule has 0 aliphatic heterocycles. The largest absolute Gasteiger partial charge is 0.478 e. The highest BCUT2D eigenvalue weighted by Gasteiger charge is 2.27. The van der Waals surface area contributed by atoms with Crippen LogP contribution in [0.4, 0.5) is 5.69 Å². The third-order valence-corrected chi connectivity index (χ3v) is 3.23. The third kappa shape index (κ3) is 3.59. The van der Waals surface area contributed by atoms with Crippen LogP contribution in [-0.2, 0) is 4.79 Å². The lowest BCUT2D eigenvalue weighted by molar-refractivity contribution is -0.121. The van der Waals surface area contributed by atoms with Gasteiger partial charge in [0.2, 0.25) is 5.91 Å². The van der Waals surface area contributed by atoms with Crippen molar-refractivity contribution in [2.24, 2.45) is 0 Å². The lowest BCUT2D eigenvalue weighted by Gasteiger charge is -2.23. The second-order valence-corrected chi connectivity index (χ2v) is 5.29. The standard InChI is InChI=1S/C12H14Cl2N2O3/c1-12(2,15-3)11(19)16-9-7(10(17)18)4-6(13)5-8(9)14/h4-5,15H,1-3H3,(H,16,19)(H,17,18). The Kier molecular flexibility index (Phi) is 4.79. The van der Waals surface area contributed by atoms with Gasteiger partial charge in [-0.3, -0.25) is 4.79 Å². The number of anilines is 1. The van der Waals surface area contributed by atoms with E-state index in [9.17, 15) is 9.59 Å². The summed E-state index contributed by atoms with van der Waals surface area (Å²) in [6.45, 7) is 3.32. The molecule has 0 atom stereocenters. The van der Waals surface area contributed by atoms with Gasteiger partial charge < -0.3 is 15.7 Å². The first-order chi connectivity index (χ1) is 8.69. The van der Waals surface area contributed by atoms with E-state index in [1.807, 2.05) is 0 Å².